The van der Waals surface area contributed by atoms with Crippen LogP contribution in [0.4, 0.5) is 0 Å². The first kappa shape index (κ1) is 13.2. The zero-order valence-electron chi connectivity index (χ0n) is 11.1. The van der Waals surface area contributed by atoms with Gasteiger partial charge in [-0.15, -0.1) is 11.3 Å². The minimum Gasteiger partial charge on any atom is -0.391 e. The van der Waals surface area contributed by atoms with Crippen molar-refractivity contribution in [1.82, 2.24) is 4.98 Å². The molecule has 1 aromatic carbocycles. The van der Waals surface area contributed by atoms with Crippen LogP contribution in [0.25, 0.3) is 11.3 Å². The van der Waals surface area contributed by atoms with Crippen LogP contribution < -0.4 is 0 Å². The van der Waals surface area contributed by atoms with Gasteiger partial charge in [0.05, 0.1) is 22.2 Å². The number of aliphatic hydroxyl groups excluding tert-OH is 1. The van der Waals surface area contributed by atoms with E-state index in [1.165, 1.54) is 5.56 Å². The first-order chi connectivity index (χ1) is 8.60. The molecular formula is C15H19NOS. The summed E-state index contributed by atoms with van der Waals surface area (Å²) in [5.41, 5.74) is 3.37. The third-order valence-electron chi connectivity index (χ3n) is 2.82. The van der Waals surface area contributed by atoms with Gasteiger partial charge in [0, 0.05) is 5.56 Å². The SMILES string of the molecule is Cc1nc(-c2ccc(CC(C)C)cc2)c(CO)s1. The Morgan fingerprint density at radius 2 is 1.89 bits per heavy atom. The highest BCUT2D eigenvalue weighted by atomic mass is 32.1. The fraction of sp³-hybridized carbons (Fsp3) is 0.400. The molecule has 0 unspecified atom stereocenters. The van der Waals surface area contributed by atoms with Gasteiger partial charge in [0.1, 0.15) is 0 Å². The molecule has 0 atom stereocenters. The molecular weight excluding hydrogens is 242 g/mol. The Labute approximate surface area is 112 Å². The molecule has 1 heterocycles. The van der Waals surface area contributed by atoms with E-state index in [0.29, 0.717) is 5.92 Å². The molecule has 0 bridgehead atoms. The van der Waals surface area contributed by atoms with E-state index in [1.807, 2.05) is 6.92 Å². The van der Waals surface area contributed by atoms with Crippen LogP contribution in [0.1, 0.15) is 29.3 Å². The molecule has 0 radical (unpaired) electrons. The van der Waals surface area contributed by atoms with Crippen molar-refractivity contribution < 1.29 is 5.11 Å². The normalized spacial score (nSPS) is 11.2. The van der Waals surface area contributed by atoms with Crippen molar-refractivity contribution in [3.8, 4) is 11.3 Å². The summed E-state index contributed by atoms with van der Waals surface area (Å²) in [7, 11) is 0. The topological polar surface area (TPSA) is 33.1 Å². The van der Waals surface area contributed by atoms with E-state index in [2.05, 4.69) is 43.1 Å². The molecule has 2 aromatic rings. The summed E-state index contributed by atoms with van der Waals surface area (Å²) >= 11 is 1.56. The van der Waals surface area contributed by atoms with Crippen LogP contribution in [0.15, 0.2) is 24.3 Å². The first-order valence-electron chi connectivity index (χ1n) is 6.26. The van der Waals surface area contributed by atoms with E-state index in [1.54, 1.807) is 11.3 Å². The van der Waals surface area contributed by atoms with Gasteiger partial charge in [0.2, 0.25) is 0 Å². The summed E-state index contributed by atoms with van der Waals surface area (Å²) in [6.07, 6.45) is 1.10. The van der Waals surface area contributed by atoms with Crippen molar-refractivity contribution in [1.29, 1.82) is 0 Å². The molecule has 0 aliphatic rings. The summed E-state index contributed by atoms with van der Waals surface area (Å²) in [4.78, 5) is 5.45. The standard InChI is InChI=1S/C15H19NOS/c1-10(2)8-12-4-6-13(7-5-12)15-14(9-17)18-11(3)16-15/h4-7,10,17H,8-9H2,1-3H3. The van der Waals surface area contributed by atoms with Gasteiger partial charge < -0.3 is 5.11 Å². The lowest BCUT2D eigenvalue weighted by Gasteiger charge is -2.06. The van der Waals surface area contributed by atoms with Gasteiger partial charge in [0.15, 0.2) is 0 Å². The van der Waals surface area contributed by atoms with E-state index >= 15 is 0 Å². The fourth-order valence-electron chi connectivity index (χ4n) is 2.07. The Hall–Kier alpha value is -1.19. The number of aliphatic hydroxyl groups is 1. The van der Waals surface area contributed by atoms with Crippen molar-refractivity contribution in [3.63, 3.8) is 0 Å². The highest BCUT2D eigenvalue weighted by Gasteiger charge is 2.10. The van der Waals surface area contributed by atoms with E-state index in [0.717, 1.165) is 27.6 Å². The zero-order valence-corrected chi connectivity index (χ0v) is 11.9. The van der Waals surface area contributed by atoms with Crippen LogP contribution >= 0.6 is 11.3 Å². The lowest BCUT2D eigenvalue weighted by molar-refractivity contribution is 0.286. The molecule has 0 saturated carbocycles. The second-order valence-corrected chi connectivity index (χ2v) is 6.25. The van der Waals surface area contributed by atoms with Crippen LogP contribution in [0.2, 0.25) is 0 Å². The van der Waals surface area contributed by atoms with Crippen LogP contribution in [0.3, 0.4) is 0 Å². The molecule has 0 amide bonds. The fourth-order valence-corrected chi connectivity index (χ4v) is 2.89. The summed E-state index contributed by atoms with van der Waals surface area (Å²) in [6, 6.07) is 8.52. The molecule has 0 aliphatic heterocycles. The highest BCUT2D eigenvalue weighted by Crippen LogP contribution is 2.28. The molecule has 2 nitrogen and oxygen atoms in total. The second-order valence-electron chi connectivity index (χ2n) is 4.96. The smallest absolute Gasteiger partial charge is 0.0905 e. The zero-order chi connectivity index (χ0) is 13.1. The number of thiazole rings is 1. The molecule has 1 aromatic heterocycles. The summed E-state index contributed by atoms with van der Waals surface area (Å²) in [5, 5.41) is 10.3. The van der Waals surface area contributed by atoms with Crippen molar-refractivity contribution in [3.05, 3.63) is 39.7 Å². The van der Waals surface area contributed by atoms with Gasteiger partial charge >= 0.3 is 0 Å². The minimum absolute atomic E-state index is 0.0641. The number of rotatable bonds is 4. The molecule has 0 saturated heterocycles. The predicted molar refractivity (Wildman–Crippen MR) is 76.8 cm³/mol. The number of hydrogen-bond donors (Lipinski definition) is 1. The number of aromatic nitrogens is 1. The van der Waals surface area contributed by atoms with Crippen molar-refractivity contribution in [2.24, 2.45) is 5.92 Å². The van der Waals surface area contributed by atoms with E-state index in [4.69, 9.17) is 0 Å². The maximum atomic E-state index is 9.34. The number of benzene rings is 1. The highest BCUT2D eigenvalue weighted by molar-refractivity contribution is 7.12. The van der Waals surface area contributed by atoms with Crippen molar-refractivity contribution in [2.45, 2.75) is 33.8 Å². The lowest BCUT2D eigenvalue weighted by Crippen LogP contribution is -1.94. The summed E-state index contributed by atoms with van der Waals surface area (Å²) in [5.74, 6) is 0.672. The Bertz CT molecular complexity index is 514. The van der Waals surface area contributed by atoms with E-state index in [9.17, 15) is 5.11 Å². The van der Waals surface area contributed by atoms with E-state index < -0.39 is 0 Å². The molecule has 0 spiro atoms. The van der Waals surface area contributed by atoms with Gasteiger partial charge in [-0.2, -0.15) is 0 Å². The van der Waals surface area contributed by atoms with Gasteiger partial charge in [0.25, 0.3) is 0 Å². The maximum Gasteiger partial charge on any atom is 0.0905 e. The average Bonchev–Trinajstić information content (AvgIpc) is 2.71. The van der Waals surface area contributed by atoms with Crippen molar-refractivity contribution in [2.75, 3.05) is 0 Å². The predicted octanol–water partition coefficient (Wildman–Crippen LogP) is 3.81. The third-order valence-corrected chi connectivity index (χ3v) is 3.77. The Kier molecular flexibility index (Phi) is 4.15. The average molecular weight is 261 g/mol. The Morgan fingerprint density at radius 3 is 2.44 bits per heavy atom. The number of hydrogen-bond acceptors (Lipinski definition) is 3. The molecule has 96 valence electrons. The largest absolute Gasteiger partial charge is 0.391 e. The monoisotopic (exact) mass is 261 g/mol. The minimum atomic E-state index is 0.0641. The second kappa shape index (κ2) is 5.63. The third kappa shape index (κ3) is 2.98. The Morgan fingerprint density at radius 1 is 1.22 bits per heavy atom. The van der Waals surface area contributed by atoms with Crippen LogP contribution in [-0.4, -0.2) is 10.1 Å². The maximum absolute atomic E-state index is 9.34. The van der Waals surface area contributed by atoms with Gasteiger partial charge in [-0.1, -0.05) is 38.1 Å². The summed E-state index contributed by atoms with van der Waals surface area (Å²) < 4.78 is 0. The number of aryl methyl sites for hydroxylation is 1. The summed E-state index contributed by atoms with van der Waals surface area (Å²) in [6.45, 7) is 6.48. The van der Waals surface area contributed by atoms with Gasteiger partial charge in [-0.05, 0) is 24.8 Å². The van der Waals surface area contributed by atoms with Crippen LogP contribution in [-0.2, 0) is 13.0 Å². The van der Waals surface area contributed by atoms with Gasteiger partial charge in [-0.3, -0.25) is 0 Å². The van der Waals surface area contributed by atoms with Crippen LogP contribution in [0, 0.1) is 12.8 Å². The molecule has 2 rings (SSSR count). The van der Waals surface area contributed by atoms with Crippen LogP contribution in [0.5, 0.6) is 0 Å². The number of nitrogens with zero attached hydrogens (tertiary/aromatic N) is 1. The molecule has 1 N–H and O–H groups in total. The molecule has 3 heteroatoms. The van der Waals surface area contributed by atoms with Gasteiger partial charge in [-0.25, -0.2) is 4.98 Å². The Balaban J connectivity index is 2.28. The first-order valence-corrected chi connectivity index (χ1v) is 7.08. The van der Waals surface area contributed by atoms with Crippen molar-refractivity contribution >= 4 is 11.3 Å². The van der Waals surface area contributed by atoms with E-state index in [-0.39, 0.29) is 6.61 Å². The molecule has 18 heavy (non-hydrogen) atoms. The lowest BCUT2D eigenvalue weighted by atomic mass is 10.0. The molecule has 0 aliphatic carbocycles. The molecule has 0 fully saturated rings. The quantitative estimate of drug-likeness (QED) is 0.908.